The lowest BCUT2D eigenvalue weighted by molar-refractivity contribution is 0.0744. The highest BCUT2D eigenvalue weighted by Crippen LogP contribution is 2.31. The average Bonchev–Trinajstić information content (AvgIpc) is 3.48. The highest BCUT2D eigenvalue weighted by atomic mass is 35.5. The number of ether oxygens (including phenoxy) is 1. The van der Waals surface area contributed by atoms with Crippen LogP contribution in [-0.2, 0) is 13.1 Å². The molecule has 7 nitrogen and oxygen atoms in total. The van der Waals surface area contributed by atoms with E-state index in [1.807, 2.05) is 38.1 Å². The Kier molecular flexibility index (Phi) is 4.87. The SMILES string of the molecule is Cc1nc2c3c(nn2c(C)c1Cl)CN(C(=O)c1ccccc1OC[C@H]1CCCN1)C3. The molecule has 156 valence electrons. The van der Waals surface area contributed by atoms with Crippen molar-refractivity contribution in [3.8, 4) is 5.75 Å². The number of amides is 1. The van der Waals surface area contributed by atoms with E-state index in [0.29, 0.717) is 42.1 Å². The van der Waals surface area contributed by atoms with Gasteiger partial charge in [0, 0.05) is 11.6 Å². The highest BCUT2D eigenvalue weighted by molar-refractivity contribution is 6.31. The predicted molar refractivity (Wildman–Crippen MR) is 114 cm³/mol. The molecule has 3 aromatic rings. The normalized spacial score (nSPS) is 18.2. The maximum Gasteiger partial charge on any atom is 0.258 e. The number of nitrogens with one attached hydrogen (secondary N) is 1. The van der Waals surface area contributed by atoms with Gasteiger partial charge in [0.25, 0.3) is 5.91 Å². The highest BCUT2D eigenvalue weighted by Gasteiger charge is 2.31. The van der Waals surface area contributed by atoms with Crippen molar-refractivity contribution in [1.29, 1.82) is 0 Å². The van der Waals surface area contributed by atoms with Crippen molar-refractivity contribution in [2.75, 3.05) is 13.2 Å². The number of rotatable bonds is 4. The molecule has 2 aliphatic heterocycles. The molecule has 1 amide bonds. The molecular weight excluding hydrogens is 402 g/mol. The van der Waals surface area contributed by atoms with Crippen LogP contribution < -0.4 is 10.1 Å². The number of fused-ring (bicyclic) bond motifs is 3. The molecule has 0 radical (unpaired) electrons. The molecule has 2 aromatic heterocycles. The second-order valence-electron chi connectivity index (χ2n) is 8.02. The van der Waals surface area contributed by atoms with Gasteiger partial charge < -0.3 is 15.0 Å². The van der Waals surface area contributed by atoms with E-state index >= 15 is 0 Å². The maximum absolute atomic E-state index is 13.3. The number of benzene rings is 1. The van der Waals surface area contributed by atoms with Crippen LogP contribution in [0.2, 0.25) is 5.02 Å². The first-order valence-corrected chi connectivity index (χ1v) is 10.7. The third kappa shape index (κ3) is 3.22. The third-order valence-electron chi connectivity index (χ3n) is 5.96. The summed E-state index contributed by atoms with van der Waals surface area (Å²) in [5.41, 5.74) is 4.85. The van der Waals surface area contributed by atoms with Crippen molar-refractivity contribution in [2.24, 2.45) is 0 Å². The maximum atomic E-state index is 13.3. The molecule has 4 heterocycles. The van der Waals surface area contributed by atoms with Gasteiger partial charge in [0.2, 0.25) is 0 Å². The molecule has 0 saturated carbocycles. The van der Waals surface area contributed by atoms with Crippen molar-refractivity contribution < 1.29 is 9.53 Å². The molecule has 0 aliphatic carbocycles. The number of hydrogen-bond acceptors (Lipinski definition) is 5. The summed E-state index contributed by atoms with van der Waals surface area (Å²) in [6.45, 7) is 6.35. The van der Waals surface area contributed by atoms with Gasteiger partial charge in [-0.15, -0.1) is 0 Å². The van der Waals surface area contributed by atoms with Gasteiger partial charge in [-0.25, -0.2) is 9.50 Å². The van der Waals surface area contributed by atoms with E-state index in [-0.39, 0.29) is 5.91 Å². The summed E-state index contributed by atoms with van der Waals surface area (Å²) in [6.07, 6.45) is 2.27. The van der Waals surface area contributed by atoms with Crippen LogP contribution in [0, 0.1) is 13.8 Å². The van der Waals surface area contributed by atoms with E-state index in [4.69, 9.17) is 16.3 Å². The molecule has 0 bridgehead atoms. The summed E-state index contributed by atoms with van der Waals surface area (Å²) < 4.78 is 7.80. The Morgan fingerprint density at radius 2 is 2.13 bits per heavy atom. The standard InChI is InChI=1S/C22H24ClN5O2/c1-13-20(23)14(2)28-21(25-13)17-10-27(11-18(17)26-28)22(29)16-7-3-4-8-19(16)30-12-15-6-5-9-24-15/h3-4,7-8,15,24H,5-6,9-12H2,1-2H3/t15-/m1/s1. The van der Waals surface area contributed by atoms with Gasteiger partial charge in [0.05, 0.1) is 40.8 Å². The number of para-hydroxylation sites is 1. The van der Waals surface area contributed by atoms with Crippen LogP contribution >= 0.6 is 11.6 Å². The molecule has 1 N–H and O–H groups in total. The second kappa shape index (κ2) is 7.56. The van der Waals surface area contributed by atoms with E-state index in [9.17, 15) is 4.79 Å². The summed E-state index contributed by atoms with van der Waals surface area (Å²) in [7, 11) is 0. The number of aromatic nitrogens is 3. The Morgan fingerprint density at radius 1 is 1.30 bits per heavy atom. The first kappa shape index (κ1) is 19.3. The fourth-order valence-corrected chi connectivity index (χ4v) is 4.41. The van der Waals surface area contributed by atoms with Crippen LogP contribution in [-0.4, -0.2) is 44.6 Å². The van der Waals surface area contributed by atoms with Crippen LogP contribution in [0.1, 0.15) is 45.8 Å². The molecule has 5 rings (SSSR count). The van der Waals surface area contributed by atoms with E-state index in [0.717, 1.165) is 41.3 Å². The number of nitrogens with zero attached hydrogens (tertiary/aromatic N) is 4. The molecule has 1 atom stereocenters. The van der Waals surface area contributed by atoms with Gasteiger partial charge in [0.1, 0.15) is 12.4 Å². The van der Waals surface area contributed by atoms with Gasteiger partial charge in [-0.1, -0.05) is 23.7 Å². The van der Waals surface area contributed by atoms with Crippen LogP contribution in [0.3, 0.4) is 0 Å². The molecule has 1 fully saturated rings. The van der Waals surface area contributed by atoms with Crippen LogP contribution in [0.15, 0.2) is 24.3 Å². The fraction of sp³-hybridized carbons (Fsp3) is 0.409. The number of carbonyl (C=O) groups is 1. The number of hydrogen-bond donors (Lipinski definition) is 1. The van der Waals surface area contributed by atoms with Crippen molar-refractivity contribution in [1.82, 2.24) is 24.8 Å². The average molecular weight is 426 g/mol. The van der Waals surface area contributed by atoms with Crippen molar-refractivity contribution in [3.05, 3.63) is 57.5 Å². The van der Waals surface area contributed by atoms with Gasteiger partial charge in [-0.05, 0) is 45.4 Å². The van der Waals surface area contributed by atoms with E-state index in [2.05, 4.69) is 15.4 Å². The zero-order valence-electron chi connectivity index (χ0n) is 17.1. The van der Waals surface area contributed by atoms with Crippen molar-refractivity contribution >= 4 is 23.2 Å². The fourth-order valence-electron chi connectivity index (χ4n) is 4.29. The zero-order valence-corrected chi connectivity index (χ0v) is 17.9. The Bertz CT molecular complexity index is 1140. The Hall–Kier alpha value is -2.64. The topological polar surface area (TPSA) is 71.8 Å². The van der Waals surface area contributed by atoms with Crippen LogP contribution in [0.4, 0.5) is 0 Å². The van der Waals surface area contributed by atoms with Crippen molar-refractivity contribution in [3.63, 3.8) is 0 Å². The lowest BCUT2D eigenvalue weighted by Crippen LogP contribution is -2.30. The summed E-state index contributed by atoms with van der Waals surface area (Å²) >= 11 is 6.33. The third-order valence-corrected chi connectivity index (χ3v) is 6.51. The van der Waals surface area contributed by atoms with Gasteiger partial charge >= 0.3 is 0 Å². The van der Waals surface area contributed by atoms with E-state index in [1.165, 1.54) is 6.42 Å². The second-order valence-corrected chi connectivity index (χ2v) is 8.40. The minimum Gasteiger partial charge on any atom is -0.491 e. The molecule has 8 heteroatoms. The first-order chi connectivity index (χ1) is 14.5. The van der Waals surface area contributed by atoms with Crippen molar-refractivity contribution in [2.45, 2.75) is 45.8 Å². The largest absolute Gasteiger partial charge is 0.491 e. The van der Waals surface area contributed by atoms with Crippen LogP contribution in [0.25, 0.3) is 5.65 Å². The summed E-state index contributed by atoms with van der Waals surface area (Å²) in [6, 6.07) is 7.82. The Balaban J connectivity index is 1.38. The molecule has 0 unspecified atom stereocenters. The molecular formula is C22H24ClN5O2. The van der Waals surface area contributed by atoms with E-state index < -0.39 is 0 Å². The minimum atomic E-state index is -0.0523. The molecule has 1 saturated heterocycles. The summed E-state index contributed by atoms with van der Waals surface area (Å²) in [4.78, 5) is 19.7. The number of aryl methyl sites for hydroxylation is 2. The van der Waals surface area contributed by atoms with Gasteiger partial charge in [-0.2, -0.15) is 5.10 Å². The number of halogens is 1. The molecule has 2 aliphatic rings. The van der Waals surface area contributed by atoms with Gasteiger partial charge in [0.15, 0.2) is 5.65 Å². The van der Waals surface area contributed by atoms with Gasteiger partial charge in [-0.3, -0.25) is 4.79 Å². The molecule has 30 heavy (non-hydrogen) atoms. The monoisotopic (exact) mass is 425 g/mol. The first-order valence-electron chi connectivity index (χ1n) is 10.3. The summed E-state index contributed by atoms with van der Waals surface area (Å²) in [5, 5.41) is 8.71. The number of carbonyl (C=O) groups excluding carboxylic acids is 1. The Morgan fingerprint density at radius 3 is 2.93 bits per heavy atom. The predicted octanol–water partition coefficient (Wildman–Crippen LogP) is 3.29. The molecule has 1 aromatic carbocycles. The zero-order chi connectivity index (χ0) is 20.8. The smallest absolute Gasteiger partial charge is 0.258 e. The van der Waals surface area contributed by atoms with E-state index in [1.54, 1.807) is 9.42 Å². The minimum absolute atomic E-state index is 0.0523. The Labute approximate surface area is 180 Å². The van der Waals surface area contributed by atoms with Crippen LogP contribution in [0.5, 0.6) is 5.75 Å². The quantitative estimate of drug-likeness (QED) is 0.694. The lowest BCUT2D eigenvalue weighted by atomic mass is 10.1. The lowest BCUT2D eigenvalue weighted by Gasteiger charge is -2.19. The summed E-state index contributed by atoms with van der Waals surface area (Å²) in [5.74, 6) is 0.579. The molecule has 0 spiro atoms.